The monoisotopic (exact) mass is 470 g/mol. The standard InChI is InChI=1S/C27H26N4O4/c1-14(2)21-25-31-22(24-28-11-12-33-24)23(35-25)27-16-5-3-4-6-18(16)29-26(27)34-19-9-7-15(13-17(19)27)8-10-20(32)30-21/h3-7,9,13-14,21,26,29H,8,10-12H2,1-2H3,(H,30,32)/t21?,26?,27-/m0/s1. The lowest BCUT2D eigenvalue weighted by atomic mass is 9.72. The fraction of sp³-hybridized carbons (Fsp3) is 0.370. The number of hydrogen-bond donors (Lipinski definition) is 2. The Morgan fingerprint density at radius 1 is 1.09 bits per heavy atom. The van der Waals surface area contributed by atoms with Crippen LogP contribution >= 0.6 is 0 Å². The molecule has 1 aromatic heterocycles. The zero-order valence-corrected chi connectivity index (χ0v) is 19.6. The third-order valence-electron chi connectivity index (χ3n) is 7.43. The Morgan fingerprint density at radius 2 is 1.97 bits per heavy atom. The van der Waals surface area contributed by atoms with Crippen LogP contribution in [0.1, 0.15) is 60.3 Å². The maximum Gasteiger partial charge on any atom is 0.239 e. The van der Waals surface area contributed by atoms with Gasteiger partial charge in [0.1, 0.15) is 23.8 Å². The first-order chi connectivity index (χ1) is 17.1. The number of benzene rings is 2. The highest BCUT2D eigenvalue weighted by molar-refractivity contribution is 5.95. The lowest BCUT2D eigenvalue weighted by Crippen LogP contribution is -2.40. The van der Waals surface area contributed by atoms with Gasteiger partial charge in [0.2, 0.25) is 17.7 Å². The number of para-hydroxylation sites is 1. The summed E-state index contributed by atoms with van der Waals surface area (Å²) in [6.45, 7) is 5.18. The second-order valence-electron chi connectivity index (χ2n) is 9.88. The van der Waals surface area contributed by atoms with Gasteiger partial charge in [-0.25, -0.2) is 9.98 Å². The molecule has 178 valence electrons. The van der Waals surface area contributed by atoms with E-state index in [0.717, 1.165) is 28.1 Å². The van der Waals surface area contributed by atoms with Crippen LogP contribution in [0.3, 0.4) is 0 Å². The van der Waals surface area contributed by atoms with Crippen LogP contribution in [0.5, 0.6) is 5.75 Å². The van der Waals surface area contributed by atoms with E-state index in [9.17, 15) is 4.79 Å². The lowest BCUT2D eigenvalue weighted by molar-refractivity contribution is -0.122. The van der Waals surface area contributed by atoms with Crippen LogP contribution in [0.2, 0.25) is 0 Å². The molecule has 0 saturated heterocycles. The zero-order valence-electron chi connectivity index (χ0n) is 19.6. The van der Waals surface area contributed by atoms with Crippen molar-refractivity contribution in [2.24, 2.45) is 10.9 Å². The SMILES string of the molecule is CC(C)C1NC(=O)CCc2ccc3c(c2)[C@@]2(c4ccccc4NC2O3)c2oc1nc2C1=NCCO1. The van der Waals surface area contributed by atoms with Gasteiger partial charge in [0.05, 0.1) is 6.54 Å². The quantitative estimate of drug-likeness (QED) is 0.593. The van der Waals surface area contributed by atoms with E-state index in [1.54, 1.807) is 0 Å². The highest BCUT2D eigenvalue weighted by atomic mass is 16.5. The van der Waals surface area contributed by atoms with Gasteiger partial charge >= 0.3 is 0 Å². The molecule has 5 heterocycles. The summed E-state index contributed by atoms with van der Waals surface area (Å²) in [5, 5.41) is 6.73. The largest absolute Gasteiger partial charge is 0.474 e. The van der Waals surface area contributed by atoms with Gasteiger partial charge in [0, 0.05) is 17.7 Å². The highest BCUT2D eigenvalue weighted by Crippen LogP contribution is 2.58. The Kier molecular flexibility index (Phi) is 4.31. The van der Waals surface area contributed by atoms with Crippen molar-refractivity contribution in [3.8, 4) is 5.75 Å². The summed E-state index contributed by atoms with van der Waals surface area (Å²) < 4.78 is 19.1. The molecule has 2 N–H and O–H groups in total. The molecule has 4 aliphatic rings. The molecule has 0 aliphatic carbocycles. The van der Waals surface area contributed by atoms with Crippen LogP contribution in [-0.4, -0.2) is 36.2 Å². The molecule has 1 amide bonds. The predicted molar refractivity (Wildman–Crippen MR) is 129 cm³/mol. The van der Waals surface area contributed by atoms with E-state index in [0.29, 0.717) is 49.2 Å². The fourth-order valence-corrected chi connectivity index (χ4v) is 5.76. The van der Waals surface area contributed by atoms with Crippen LogP contribution in [0.15, 0.2) is 51.9 Å². The van der Waals surface area contributed by atoms with Crippen molar-refractivity contribution in [2.45, 2.75) is 44.4 Å². The van der Waals surface area contributed by atoms with Gasteiger partial charge < -0.3 is 24.5 Å². The van der Waals surface area contributed by atoms with Crippen LogP contribution < -0.4 is 15.4 Å². The highest BCUT2D eigenvalue weighted by Gasteiger charge is 2.61. The molecular formula is C27H26N4O4. The molecule has 4 aliphatic heterocycles. The first kappa shape index (κ1) is 20.6. The van der Waals surface area contributed by atoms with E-state index >= 15 is 0 Å². The molecule has 3 atom stereocenters. The molecule has 0 fully saturated rings. The molecule has 35 heavy (non-hydrogen) atoms. The van der Waals surface area contributed by atoms with Crippen molar-refractivity contribution < 1.29 is 18.7 Å². The van der Waals surface area contributed by atoms with E-state index in [2.05, 4.69) is 47.7 Å². The van der Waals surface area contributed by atoms with Gasteiger partial charge in [-0.2, -0.15) is 0 Å². The summed E-state index contributed by atoms with van der Waals surface area (Å²) in [4.78, 5) is 22.4. The number of aliphatic imine (C=N–C) groups is 1. The van der Waals surface area contributed by atoms with Gasteiger partial charge in [-0.3, -0.25) is 4.79 Å². The summed E-state index contributed by atoms with van der Waals surface area (Å²) in [6.07, 6.45) is 0.598. The van der Waals surface area contributed by atoms with Gasteiger partial charge in [-0.1, -0.05) is 44.2 Å². The number of nitrogens with zero attached hydrogens (tertiary/aromatic N) is 2. The molecular weight excluding hydrogens is 444 g/mol. The van der Waals surface area contributed by atoms with E-state index in [1.165, 1.54) is 0 Å². The van der Waals surface area contributed by atoms with Crippen LogP contribution in [-0.2, 0) is 21.4 Å². The van der Waals surface area contributed by atoms with Gasteiger partial charge in [-0.15, -0.1) is 0 Å². The van der Waals surface area contributed by atoms with Crippen molar-refractivity contribution in [2.75, 3.05) is 18.5 Å². The number of fused-ring (bicyclic) bond motifs is 4. The minimum Gasteiger partial charge on any atom is -0.474 e. The summed E-state index contributed by atoms with van der Waals surface area (Å²) in [5.41, 5.74) is 3.92. The van der Waals surface area contributed by atoms with Gasteiger partial charge in [-0.05, 0) is 35.6 Å². The smallest absolute Gasteiger partial charge is 0.239 e. The number of carbonyl (C=O) groups excluding carboxylic acids is 1. The second-order valence-corrected chi connectivity index (χ2v) is 9.88. The van der Waals surface area contributed by atoms with Crippen molar-refractivity contribution in [3.63, 3.8) is 0 Å². The van der Waals surface area contributed by atoms with Crippen LogP contribution in [0, 0.1) is 5.92 Å². The maximum atomic E-state index is 12.9. The first-order valence-electron chi connectivity index (χ1n) is 12.2. The molecule has 1 spiro atoms. The molecule has 0 saturated carbocycles. The fourth-order valence-electron chi connectivity index (χ4n) is 5.76. The third kappa shape index (κ3) is 2.82. The average Bonchev–Trinajstić information content (AvgIpc) is 3.62. The summed E-state index contributed by atoms with van der Waals surface area (Å²) in [6, 6.07) is 14.0. The minimum absolute atomic E-state index is 0.0303. The number of ether oxygens (including phenoxy) is 2. The molecule has 4 bridgehead atoms. The van der Waals surface area contributed by atoms with Gasteiger partial charge in [0.25, 0.3) is 0 Å². The number of anilines is 1. The Bertz CT molecular complexity index is 1390. The van der Waals surface area contributed by atoms with Crippen molar-refractivity contribution in [1.82, 2.24) is 10.3 Å². The Hall–Kier alpha value is -3.81. The number of hydrogen-bond acceptors (Lipinski definition) is 7. The van der Waals surface area contributed by atoms with Crippen LogP contribution in [0.25, 0.3) is 0 Å². The number of amides is 1. The number of oxazole rings is 1. The Balaban J connectivity index is 1.57. The van der Waals surface area contributed by atoms with Crippen LogP contribution in [0.4, 0.5) is 5.69 Å². The molecule has 2 unspecified atom stereocenters. The Labute approximate surface area is 202 Å². The number of carbonyl (C=O) groups is 1. The Morgan fingerprint density at radius 3 is 2.80 bits per heavy atom. The topological polar surface area (TPSA) is 98.0 Å². The first-order valence-corrected chi connectivity index (χ1v) is 12.2. The number of nitrogens with one attached hydrogen (secondary N) is 2. The van der Waals surface area contributed by atoms with Gasteiger partial charge in [0.15, 0.2) is 17.7 Å². The van der Waals surface area contributed by atoms with E-state index < -0.39 is 11.6 Å². The van der Waals surface area contributed by atoms with Crippen molar-refractivity contribution >= 4 is 17.5 Å². The molecule has 7 rings (SSSR count). The lowest BCUT2D eigenvalue weighted by Gasteiger charge is -2.28. The van der Waals surface area contributed by atoms with E-state index in [-0.39, 0.29) is 17.9 Å². The normalized spacial score (nSPS) is 25.9. The summed E-state index contributed by atoms with van der Waals surface area (Å²) in [7, 11) is 0. The maximum absolute atomic E-state index is 12.9. The molecule has 2 aromatic carbocycles. The summed E-state index contributed by atoms with van der Waals surface area (Å²) in [5.74, 6) is 2.40. The average molecular weight is 471 g/mol. The van der Waals surface area contributed by atoms with E-state index in [4.69, 9.17) is 18.9 Å². The predicted octanol–water partition coefficient (Wildman–Crippen LogP) is 3.69. The molecule has 8 heteroatoms. The minimum atomic E-state index is -0.776. The van der Waals surface area contributed by atoms with Crippen molar-refractivity contribution in [1.29, 1.82) is 0 Å². The second kappa shape index (κ2) is 7.34. The van der Waals surface area contributed by atoms with Crippen molar-refractivity contribution in [3.05, 3.63) is 76.5 Å². The number of rotatable bonds is 2. The van der Waals surface area contributed by atoms with E-state index in [1.807, 2.05) is 24.3 Å². The molecule has 0 radical (unpaired) electrons. The molecule has 3 aromatic rings. The molecule has 8 nitrogen and oxygen atoms in total. The number of aromatic nitrogens is 1. The zero-order chi connectivity index (χ0) is 23.7. The third-order valence-corrected chi connectivity index (χ3v) is 7.43. The number of aryl methyl sites for hydroxylation is 1. The summed E-state index contributed by atoms with van der Waals surface area (Å²) >= 11 is 0.